The van der Waals surface area contributed by atoms with Gasteiger partial charge in [-0.2, -0.15) is 16.9 Å². The molecule has 5 heteroatoms. The third-order valence-corrected chi connectivity index (χ3v) is 3.98. The molecule has 1 heterocycles. The number of nitrogens with one attached hydrogen (secondary N) is 1. The van der Waals surface area contributed by atoms with Gasteiger partial charge in [-0.15, -0.1) is 0 Å². The van der Waals surface area contributed by atoms with Crippen LogP contribution in [-0.2, 0) is 13.5 Å². The van der Waals surface area contributed by atoms with Crippen molar-refractivity contribution >= 4 is 23.3 Å². The van der Waals surface area contributed by atoms with Crippen molar-refractivity contribution in [1.82, 2.24) is 9.78 Å². The average molecular weight is 242 g/mol. The molecule has 92 valence electrons. The van der Waals surface area contributed by atoms with E-state index in [2.05, 4.69) is 37.4 Å². The Bertz CT molecular complexity index is 357. The van der Waals surface area contributed by atoms with Crippen LogP contribution in [0.5, 0.6) is 0 Å². The predicted octanol–water partition coefficient (Wildman–Crippen LogP) is 2.12. The highest BCUT2D eigenvalue weighted by Gasteiger charge is 2.18. The highest BCUT2D eigenvalue weighted by molar-refractivity contribution is 7.99. The summed E-state index contributed by atoms with van der Waals surface area (Å²) in [4.78, 5) is 0. The van der Waals surface area contributed by atoms with Crippen LogP contribution in [0.2, 0.25) is 0 Å². The minimum absolute atomic E-state index is 0.198. The van der Waals surface area contributed by atoms with Gasteiger partial charge in [-0.25, -0.2) is 0 Å². The van der Waals surface area contributed by atoms with E-state index < -0.39 is 0 Å². The van der Waals surface area contributed by atoms with E-state index in [-0.39, 0.29) is 4.75 Å². The molecule has 0 atom stereocenters. The number of nitrogens with zero attached hydrogens (tertiary/aromatic N) is 2. The number of aryl methyl sites for hydroxylation is 2. The number of aromatic nitrogens is 2. The lowest BCUT2D eigenvalue weighted by atomic mass is 10.2. The van der Waals surface area contributed by atoms with E-state index in [9.17, 15) is 0 Å². The van der Waals surface area contributed by atoms with E-state index in [4.69, 9.17) is 5.73 Å². The second-order valence-corrected chi connectivity index (χ2v) is 6.02. The molecule has 4 nitrogen and oxygen atoms in total. The number of anilines is 2. The molecule has 16 heavy (non-hydrogen) atoms. The monoisotopic (exact) mass is 242 g/mol. The van der Waals surface area contributed by atoms with Crippen molar-refractivity contribution in [2.24, 2.45) is 7.05 Å². The summed E-state index contributed by atoms with van der Waals surface area (Å²) >= 11 is 1.84. The highest BCUT2D eigenvalue weighted by atomic mass is 32.2. The second kappa shape index (κ2) is 4.99. The van der Waals surface area contributed by atoms with E-state index in [1.54, 1.807) is 0 Å². The van der Waals surface area contributed by atoms with Crippen molar-refractivity contribution in [2.45, 2.75) is 31.9 Å². The van der Waals surface area contributed by atoms with Gasteiger partial charge in [-0.3, -0.25) is 4.68 Å². The molecule has 1 rings (SSSR count). The van der Waals surface area contributed by atoms with Gasteiger partial charge in [0.2, 0.25) is 0 Å². The molecule has 0 bridgehead atoms. The molecular formula is C11H22N4S. The molecule has 0 amide bonds. The Labute approximate surface area is 102 Å². The zero-order chi connectivity index (χ0) is 12.3. The third kappa shape index (κ3) is 2.84. The molecule has 0 unspecified atom stereocenters. The molecule has 0 aliphatic carbocycles. The first-order valence-electron chi connectivity index (χ1n) is 5.51. The molecule has 1 aromatic heterocycles. The Kier molecular flexibility index (Phi) is 4.13. The van der Waals surface area contributed by atoms with E-state index in [1.165, 1.54) is 0 Å². The van der Waals surface area contributed by atoms with Crippen LogP contribution in [0.15, 0.2) is 0 Å². The van der Waals surface area contributed by atoms with Crippen LogP contribution < -0.4 is 11.1 Å². The Morgan fingerprint density at radius 1 is 1.50 bits per heavy atom. The average Bonchev–Trinajstić information content (AvgIpc) is 2.51. The van der Waals surface area contributed by atoms with Gasteiger partial charge in [0.15, 0.2) is 0 Å². The Morgan fingerprint density at radius 2 is 2.12 bits per heavy atom. The molecule has 0 saturated heterocycles. The number of nitrogens with two attached hydrogens (primary N) is 1. The fourth-order valence-electron chi connectivity index (χ4n) is 1.44. The molecule has 0 fully saturated rings. The van der Waals surface area contributed by atoms with Gasteiger partial charge in [0, 0.05) is 18.3 Å². The summed E-state index contributed by atoms with van der Waals surface area (Å²) in [6.07, 6.45) is 2.99. The van der Waals surface area contributed by atoms with Gasteiger partial charge in [-0.05, 0) is 26.5 Å². The number of hydrogen-bond acceptors (Lipinski definition) is 4. The van der Waals surface area contributed by atoms with Gasteiger partial charge in [-0.1, -0.05) is 6.92 Å². The summed E-state index contributed by atoms with van der Waals surface area (Å²) in [5, 5.41) is 7.76. The molecule has 0 spiro atoms. The topological polar surface area (TPSA) is 55.9 Å². The minimum Gasteiger partial charge on any atom is -0.394 e. The lowest BCUT2D eigenvalue weighted by Crippen LogP contribution is -2.27. The number of thioether (sulfide) groups is 1. The molecular weight excluding hydrogens is 220 g/mol. The normalized spacial score (nSPS) is 11.8. The molecule has 0 radical (unpaired) electrons. The SMILES string of the molecule is CCc1nn(C)c(NCC(C)(C)SC)c1N. The molecule has 0 saturated carbocycles. The first kappa shape index (κ1) is 13.2. The first-order valence-corrected chi connectivity index (χ1v) is 6.74. The molecule has 0 aromatic carbocycles. The van der Waals surface area contributed by atoms with Crippen molar-refractivity contribution in [3.8, 4) is 0 Å². The lowest BCUT2D eigenvalue weighted by molar-refractivity contribution is 0.717. The largest absolute Gasteiger partial charge is 0.394 e. The molecule has 0 aliphatic rings. The predicted molar refractivity (Wildman–Crippen MR) is 73.1 cm³/mol. The maximum Gasteiger partial charge on any atom is 0.147 e. The fraction of sp³-hybridized carbons (Fsp3) is 0.727. The quantitative estimate of drug-likeness (QED) is 0.830. The maximum absolute atomic E-state index is 6.03. The van der Waals surface area contributed by atoms with Gasteiger partial charge < -0.3 is 11.1 Å². The van der Waals surface area contributed by atoms with Crippen molar-refractivity contribution in [3.05, 3.63) is 5.69 Å². The number of nitrogen functional groups attached to an aromatic ring is 1. The van der Waals surface area contributed by atoms with Gasteiger partial charge in [0.05, 0.1) is 11.4 Å². The molecule has 1 aromatic rings. The first-order chi connectivity index (χ1) is 7.41. The van der Waals surface area contributed by atoms with Crippen LogP contribution in [0.1, 0.15) is 26.5 Å². The summed E-state index contributed by atoms with van der Waals surface area (Å²) in [5.74, 6) is 0.930. The summed E-state index contributed by atoms with van der Waals surface area (Å²) in [6, 6.07) is 0. The minimum atomic E-state index is 0.198. The van der Waals surface area contributed by atoms with Crippen LogP contribution in [0, 0.1) is 0 Å². The van der Waals surface area contributed by atoms with Gasteiger partial charge in [0.25, 0.3) is 0 Å². The summed E-state index contributed by atoms with van der Waals surface area (Å²) in [6.45, 7) is 7.35. The van der Waals surface area contributed by atoms with Crippen LogP contribution in [-0.4, -0.2) is 27.3 Å². The van der Waals surface area contributed by atoms with Gasteiger partial charge >= 0.3 is 0 Å². The number of rotatable bonds is 5. The Balaban J connectivity index is 2.78. The van der Waals surface area contributed by atoms with Crippen LogP contribution >= 0.6 is 11.8 Å². The maximum atomic E-state index is 6.03. The van der Waals surface area contributed by atoms with Crippen molar-refractivity contribution < 1.29 is 0 Å². The van der Waals surface area contributed by atoms with E-state index in [0.717, 1.165) is 30.2 Å². The van der Waals surface area contributed by atoms with Gasteiger partial charge in [0.1, 0.15) is 5.82 Å². The van der Waals surface area contributed by atoms with Crippen molar-refractivity contribution in [3.63, 3.8) is 0 Å². The highest BCUT2D eigenvalue weighted by Crippen LogP contribution is 2.26. The number of hydrogen-bond donors (Lipinski definition) is 2. The summed E-state index contributed by atoms with van der Waals surface area (Å²) in [5.41, 5.74) is 7.78. The summed E-state index contributed by atoms with van der Waals surface area (Å²) < 4.78 is 2.02. The Hall–Kier alpha value is -0.840. The lowest BCUT2D eigenvalue weighted by Gasteiger charge is -2.23. The van der Waals surface area contributed by atoms with E-state index in [1.807, 2.05) is 23.5 Å². The van der Waals surface area contributed by atoms with Crippen LogP contribution in [0.4, 0.5) is 11.5 Å². The zero-order valence-corrected chi connectivity index (χ0v) is 11.6. The molecule has 3 N–H and O–H groups in total. The zero-order valence-electron chi connectivity index (χ0n) is 10.8. The second-order valence-electron chi connectivity index (χ2n) is 4.50. The standard InChI is InChI=1S/C11H22N4S/c1-6-8-9(12)10(15(4)14-8)13-7-11(2,3)16-5/h13H,6-7,12H2,1-5H3. The van der Waals surface area contributed by atoms with Crippen LogP contribution in [0.25, 0.3) is 0 Å². The van der Waals surface area contributed by atoms with Crippen molar-refractivity contribution in [2.75, 3.05) is 23.9 Å². The van der Waals surface area contributed by atoms with Crippen molar-refractivity contribution in [1.29, 1.82) is 0 Å². The molecule has 0 aliphatic heterocycles. The Morgan fingerprint density at radius 3 is 2.56 bits per heavy atom. The smallest absolute Gasteiger partial charge is 0.147 e. The third-order valence-electron chi connectivity index (χ3n) is 2.73. The van der Waals surface area contributed by atoms with Crippen LogP contribution in [0.3, 0.4) is 0 Å². The van der Waals surface area contributed by atoms with E-state index >= 15 is 0 Å². The summed E-state index contributed by atoms with van der Waals surface area (Å²) in [7, 11) is 1.92. The fourth-order valence-corrected chi connectivity index (χ4v) is 1.65. The van der Waals surface area contributed by atoms with E-state index in [0.29, 0.717) is 0 Å².